The van der Waals surface area contributed by atoms with Gasteiger partial charge in [0.15, 0.2) is 0 Å². The van der Waals surface area contributed by atoms with Crippen molar-refractivity contribution in [3.63, 3.8) is 0 Å². The highest BCUT2D eigenvalue weighted by Gasteiger charge is 2.27. The molecule has 2 atom stereocenters. The van der Waals surface area contributed by atoms with Crippen LogP contribution >= 0.6 is 0 Å². The van der Waals surface area contributed by atoms with Crippen LogP contribution in [0.5, 0.6) is 0 Å². The molecule has 0 spiro atoms. The maximum atomic E-state index is 2.53. The van der Waals surface area contributed by atoms with Crippen molar-refractivity contribution in [2.45, 2.75) is 25.8 Å². The van der Waals surface area contributed by atoms with Gasteiger partial charge in [-0.2, -0.15) is 0 Å². The summed E-state index contributed by atoms with van der Waals surface area (Å²) >= 11 is 0. The van der Waals surface area contributed by atoms with Gasteiger partial charge in [0, 0.05) is 28.4 Å². The minimum atomic E-state index is 0.157. The molecule has 0 radical (unpaired) electrons. The van der Waals surface area contributed by atoms with Crippen molar-refractivity contribution in [3.05, 3.63) is 230 Å². The van der Waals surface area contributed by atoms with Crippen LogP contribution in [-0.4, -0.2) is 6.04 Å². The quantitative estimate of drug-likeness (QED) is 0.142. The second kappa shape index (κ2) is 15.6. The minimum absolute atomic E-state index is 0.157. The largest absolute Gasteiger partial charge is 0.334 e. The van der Waals surface area contributed by atoms with E-state index < -0.39 is 0 Å². The summed E-state index contributed by atoms with van der Waals surface area (Å²) < 4.78 is 0. The molecule has 0 heterocycles. The van der Waals surface area contributed by atoms with E-state index in [-0.39, 0.29) is 6.04 Å². The van der Waals surface area contributed by atoms with Crippen LogP contribution in [0.2, 0.25) is 0 Å². The lowest BCUT2D eigenvalue weighted by Gasteiger charge is -2.36. The third kappa shape index (κ3) is 6.71. The summed E-state index contributed by atoms with van der Waals surface area (Å²) in [4.78, 5) is 4.99. The molecule has 0 saturated heterocycles. The summed E-state index contributed by atoms with van der Waals surface area (Å²) in [6, 6.07) is 67.8. The van der Waals surface area contributed by atoms with E-state index in [1.165, 1.54) is 82.4 Å². The van der Waals surface area contributed by atoms with Gasteiger partial charge < -0.3 is 9.80 Å². The number of hydrogen-bond acceptors (Lipinski definition) is 2. The second-order valence-electron chi connectivity index (χ2n) is 16.5. The highest BCUT2D eigenvalue weighted by Crippen LogP contribution is 2.48. The Balaban J connectivity index is 1.25. The lowest BCUT2D eigenvalue weighted by molar-refractivity contribution is 0.609. The SMILES string of the molecule is CC1C=CC=CC1N(c1ccccc1)c1ccc2c(-c3ccc4ccccc4c3)c3cc(N(C4=CC=CCC4)c4ccccc4)ccc3c(-c3ccc4ccccc4c3)c2c1. The van der Waals surface area contributed by atoms with Gasteiger partial charge in [0.1, 0.15) is 0 Å². The van der Waals surface area contributed by atoms with Gasteiger partial charge in [0.05, 0.1) is 6.04 Å². The molecule has 2 heteroatoms. The highest BCUT2D eigenvalue weighted by molar-refractivity contribution is 6.23. The summed E-state index contributed by atoms with van der Waals surface area (Å²) in [5.41, 5.74) is 10.9. The zero-order chi connectivity index (χ0) is 40.7. The Kier molecular flexibility index (Phi) is 9.39. The molecule has 0 fully saturated rings. The highest BCUT2D eigenvalue weighted by atomic mass is 15.2. The molecular formula is C59H46N2. The molecule has 2 aliphatic rings. The van der Waals surface area contributed by atoms with Crippen LogP contribution in [0.4, 0.5) is 22.7 Å². The summed E-state index contributed by atoms with van der Waals surface area (Å²) in [6.07, 6.45) is 17.8. The molecule has 2 unspecified atom stereocenters. The van der Waals surface area contributed by atoms with E-state index >= 15 is 0 Å². The van der Waals surface area contributed by atoms with E-state index in [0.717, 1.165) is 24.2 Å². The zero-order valence-corrected chi connectivity index (χ0v) is 34.3. The Labute approximate surface area is 358 Å². The summed E-state index contributed by atoms with van der Waals surface area (Å²) in [5.74, 6) is 0.325. The smallest absolute Gasteiger partial charge is 0.0585 e. The predicted octanol–water partition coefficient (Wildman–Crippen LogP) is 16.3. The number of benzene rings is 9. The van der Waals surface area contributed by atoms with Crippen molar-refractivity contribution in [1.29, 1.82) is 0 Å². The van der Waals surface area contributed by atoms with Gasteiger partial charge in [-0.1, -0.05) is 165 Å². The second-order valence-corrected chi connectivity index (χ2v) is 16.5. The van der Waals surface area contributed by atoms with Gasteiger partial charge in [-0.05, 0) is 151 Å². The lowest BCUT2D eigenvalue weighted by atomic mass is 9.84. The average molecular weight is 783 g/mol. The Bertz CT molecular complexity index is 3230. The number of para-hydroxylation sites is 2. The molecule has 0 aromatic heterocycles. The molecule has 0 aliphatic heterocycles. The first-order valence-electron chi connectivity index (χ1n) is 21.6. The Morgan fingerprint density at radius 1 is 0.426 bits per heavy atom. The number of hydrogen-bond donors (Lipinski definition) is 0. The van der Waals surface area contributed by atoms with Crippen LogP contribution in [-0.2, 0) is 0 Å². The third-order valence-corrected chi connectivity index (χ3v) is 12.7. The monoisotopic (exact) mass is 782 g/mol. The predicted molar refractivity (Wildman–Crippen MR) is 262 cm³/mol. The van der Waals surface area contributed by atoms with Crippen molar-refractivity contribution < 1.29 is 0 Å². The molecular weight excluding hydrogens is 737 g/mol. The van der Waals surface area contributed by atoms with Crippen LogP contribution < -0.4 is 9.80 Å². The van der Waals surface area contributed by atoms with E-state index in [0.29, 0.717) is 5.92 Å². The standard InChI is InChI=1S/C59H46N2/c1-41-17-11-16-28-57(41)61(50-26-9-4-10-27-50)52-34-36-54-56(40-52)59(47-32-30-43-19-13-15-21-45(43)38-47)53-35-33-51(60(48-22-5-2-6-23-48)49-24-7-3-8-25-49)39-55(53)58(54)46-31-29-42-18-12-14-20-44(42)37-46/h2-7,9-24,26-41,57H,8,25H2,1H3. The topological polar surface area (TPSA) is 6.48 Å². The molecule has 2 aliphatic carbocycles. The molecule has 0 N–H and O–H groups in total. The molecule has 0 bridgehead atoms. The van der Waals surface area contributed by atoms with E-state index in [1.807, 2.05) is 0 Å². The molecule has 0 amide bonds. The average Bonchev–Trinajstić information content (AvgIpc) is 3.32. The maximum absolute atomic E-state index is 2.53. The van der Waals surface area contributed by atoms with Crippen LogP contribution in [0.3, 0.4) is 0 Å². The zero-order valence-electron chi connectivity index (χ0n) is 34.3. The molecule has 9 aromatic rings. The van der Waals surface area contributed by atoms with Gasteiger partial charge >= 0.3 is 0 Å². The maximum Gasteiger partial charge on any atom is 0.0585 e. The lowest BCUT2D eigenvalue weighted by Crippen LogP contribution is -2.35. The Morgan fingerprint density at radius 2 is 0.967 bits per heavy atom. The summed E-state index contributed by atoms with van der Waals surface area (Å²) in [7, 11) is 0. The minimum Gasteiger partial charge on any atom is -0.334 e. The molecule has 9 aromatic carbocycles. The molecule has 0 saturated carbocycles. The normalized spacial score (nSPS) is 16.0. The van der Waals surface area contributed by atoms with Gasteiger partial charge in [0.25, 0.3) is 0 Å². The first kappa shape index (κ1) is 36.6. The first-order valence-corrected chi connectivity index (χ1v) is 21.6. The van der Waals surface area contributed by atoms with E-state index in [4.69, 9.17) is 0 Å². The first-order chi connectivity index (χ1) is 30.2. The fourth-order valence-electron chi connectivity index (χ4n) is 9.75. The number of allylic oxidation sites excluding steroid dienone is 6. The Hall–Kier alpha value is -7.42. The van der Waals surface area contributed by atoms with Crippen LogP contribution in [0.15, 0.2) is 230 Å². The number of nitrogens with zero attached hydrogens (tertiary/aromatic N) is 2. The van der Waals surface area contributed by atoms with E-state index in [1.54, 1.807) is 0 Å². The molecule has 2 nitrogen and oxygen atoms in total. The van der Waals surface area contributed by atoms with Crippen LogP contribution in [0.1, 0.15) is 19.8 Å². The van der Waals surface area contributed by atoms with Crippen LogP contribution in [0, 0.1) is 5.92 Å². The van der Waals surface area contributed by atoms with Crippen molar-refractivity contribution >= 4 is 65.8 Å². The van der Waals surface area contributed by atoms with Gasteiger partial charge in [-0.3, -0.25) is 0 Å². The number of rotatable bonds is 8. The van der Waals surface area contributed by atoms with Gasteiger partial charge in [-0.15, -0.1) is 0 Å². The Morgan fingerprint density at radius 3 is 1.56 bits per heavy atom. The fraction of sp³-hybridized carbons (Fsp3) is 0.0847. The number of fused-ring (bicyclic) bond motifs is 4. The van der Waals surface area contributed by atoms with Gasteiger partial charge in [-0.25, -0.2) is 0 Å². The fourth-order valence-corrected chi connectivity index (χ4v) is 9.75. The molecule has 11 rings (SSSR count). The van der Waals surface area contributed by atoms with Crippen molar-refractivity contribution in [2.24, 2.45) is 5.92 Å². The third-order valence-electron chi connectivity index (χ3n) is 12.7. The van der Waals surface area contributed by atoms with Crippen molar-refractivity contribution in [3.8, 4) is 22.3 Å². The molecule has 292 valence electrons. The summed E-state index contributed by atoms with van der Waals surface area (Å²) in [6.45, 7) is 2.32. The van der Waals surface area contributed by atoms with Gasteiger partial charge in [0.2, 0.25) is 0 Å². The summed E-state index contributed by atoms with van der Waals surface area (Å²) in [5, 5.41) is 9.89. The molecule has 61 heavy (non-hydrogen) atoms. The van der Waals surface area contributed by atoms with Crippen molar-refractivity contribution in [2.75, 3.05) is 9.80 Å². The van der Waals surface area contributed by atoms with E-state index in [2.05, 4.69) is 241 Å². The number of anilines is 4. The van der Waals surface area contributed by atoms with E-state index in [9.17, 15) is 0 Å². The van der Waals surface area contributed by atoms with Crippen LogP contribution in [0.25, 0.3) is 65.3 Å². The van der Waals surface area contributed by atoms with Crippen molar-refractivity contribution in [1.82, 2.24) is 0 Å².